The van der Waals surface area contributed by atoms with Crippen molar-refractivity contribution < 1.29 is 4.42 Å². The summed E-state index contributed by atoms with van der Waals surface area (Å²) < 4.78 is 8.66. The quantitative estimate of drug-likeness (QED) is 0.147. The van der Waals surface area contributed by atoms with Crippen LogP contribution in [0.15, 0.2) is 235 Å². The van der Waals surface area contributed by atoms with E-state index in [2.05, 4.69) is 223 Å². The van der Waals surface area contributed by atoms with Crippen LogP contribution in [-0.4, -0.2) is 4.57 Å². The fourth-order valence-corrected chi connectivity index (χ4v) is 10.4. The van der Waals surface area contributed by atoms with Gasteiger partial charge in [0.25, 0.3) is 0 Å². The summed E-state index contributed by atoms with van der Waals surface area (Å²) >= 11 is 0. The van der Waals surface area contributed by atoms with Gasteiger partial charge >= 0.3 is 0 Å². The standard InChI is InChI=1S/C62H41NO/c1-2-11-41(12-3-1)42-23-25-44(26-24-42)56(35-40-21-22-45-28-31-51-50-16-5-4-13-43(50)27-32-52(51)57(45)36-40)48-15-10-14-46(37-48)47-29-33-54-53-17-6-8-19-59(53)63(60(54)38-47)49-30-34-62-58(39-49)55-18-7-9-20-61(55)64-62/h1-34,36-39,56H,35H2. The molecule has 0 N–H and O–H groups in total. The van der Waals surface area contributed by atoms with Gasteiger partial charge in [-0.05, 0) is 114 Å². The Morgan fingerprint density at radius 2 is 0.953 bits per heavy atom. The molecule has 0 radical (unpaired) electrons. The molecule has 0 bridgehead atoms. The van der Waals surface area contributed by atoms with Crippen LogP contribution >= 0.6 is 0 Å². The van der Waals surface area contributed by atoms with Gasteiger partial charge in [-0.1, -0.05) is 194 Å². The summed E-state index contributed by atoms with van der Waals surface area (Å²) in [5.41, 5.74) is 14.1. The number of nitrogens with zero attached hydrogens (tertiary/aromatic N) is 1. The topological polar surface area (TPSA) is 18.1 Å². The number of para-hydroxylation sites is 2. The van der Waals surface area contributed by atoms with Crippen LogP contribution < -0.4 is 0 Å². The zero-order valence-electron chi connectivity index (χ0n) is 35.1. The molecular formula is C62H41NO. The monoisotopic (exact) mass is 815 g/mol. The summed E-state index contributed by atoms with van der Waals surface area (Å²) in [5.74, 6) is 0.129. The van der Waals surface area contributed by atoms with E-state index in [0.717, 1.165) is 34.0 Å². The lowest BCUT2D eigenvalue weighted by molar-refractivity contribution is 0.669. The molecule has 13 rings (SSSR count). The fraction of sp³-hybridized carbons (Fsp3) is 0.0323. The smallest absolute Gasteiger partial charge is 0.135 e. The predicted molar refractivity (Wildman–Crippen MR) is 270 cm³/mol. The summed E-state index contributed by atoms with van der Waals surface area (Å²) in [6.45, 7) is 0. The van der Waals surface area contributed by atoms with Crippen molar-refractivity contribution in [1.29, 1.82) is 0 Å². The van der Waals surface area contributed by atoms with E-state index >= 15 is 0 Å². The third-order valence-electron chi connectivity index (χ3n) is 13.6. The van der Waals surface area contributed by atoms with Crippen LogP contribution in [0.1, 0.15) is 22.6 Å². The summed E-state index contributed by atoms with van der Waals surface area (Å²) in [5, 5.41) is 12.5. The molecule has 13 aromatic rings. The maximum atomic E-state index is 6.24. The molecule has 0 spiro atoms. The van der Waals surface area contributed by atoms with Crippen LogP contribution in [0.5, 0.6) is 0 Å². The Kier molecular flexibility index (Phi) is 8.39. The molecule has 0 fully saturated rings. The Labute approximate surface area is 370 Å². The van der Waals surface area contributed by atoms with E-state index in [1.54, 1.807) is 0 Å². The molecule has 300 valence electrons. The SMILES string of the molecule is c1ccc(-c2ccc(C(Cc3ccc4ccc5c6ccccc6ccc5c4c3)c3cccc(-c4ccc5c6ccccc6n(-c6ccc7oc8ccccc8c7c6)c5c4)c3)cc2)cc1. The number of fused-ring (bicyclic) bond motifs is 11. The average molecular weight is 816 g/mol. The number of hydrogen-bond donors (Lipinski definition) is 0. The van der Waals surface area contributed by atoms with Crippen LogP contribution in [-0.2, 0) is 6.42 Å². The Morgan fingerprint density at radius 3 is 1.83 bits per heavy atom. The van der Waals surface area contributed by atoms with Crippen LogP contribution in [0.4, 0.5) is 0 Å². The van der Waals surface area contributed by atoms with Gasteiger partial charge in [0.2, 0.25) is 0 Å². The Balaban J connectivity index is 0.937. The molecule has 0 aliphatic heterocycles. The van der Waals surface area contributed by atoms with E-state index in [0.29, 0.717) is 0 Å². The second-order valence-corrected chi connectivity index (χ2v) is 17.2. The molecule has 2 aromatic heterocycles. The van der Waals surface area contributed by atoms with Gasteiger partial charge in [-0.2, -0.15) is 0 Å². The minimum absolute atomic E-state index is 0.129. The van der Waals surface area contributed by atoms with Gasteiger partial charge in [0.15, 0.2) is 0 Å². The molecule has 11 aromatic carbocycles. The zero-order valence-corrected chi connectivity index (χ0v) is 35.1. The molecule has 0 saturated heterocycles. The average Bonchev–Trinajstić information content (AvgIpc) is 3.91. The maximum absolute atomic E-state index is 6.24. The maximum Gasteiger partial charge on any atom is 0.135 e. The third-order valence-corrected chi connectivity index (χ3v) is 13.6. The van der Waals surface area contributed by atoms with Gasteiger partial charge < -0.3 is 8.98 Å². The fourth-order valence-electron chi connectivity index (χ4n) is 10.4. The first-order valence-electron chi connectivity index (χ1n) is 22.2. The largest absolute Gasteiger partial charge is 0.456 e. The highest BCUT2D eigenvalue weighted by atomic mass is 16.3. The van der Waals surface area contributed by atoms with E-state index in [9.17, 15) is 0 Å². The van der Waals surface area contributed by atoms with Crippen molar-refractivity contribution in [3.63, 3.8) is 0 Å². The first-order valence-corrected chi connectivity index (χ1v) is 22.2. The molecule has 0 aliphatic carbocycles. The summed E-state index contributed by atoms with van der Waals surface area (Å²) in [4.78, 5) is 0. The lowest BCUT2D eigenvalue weighted by atomic mass is 9.83. The van der Waals surface area contributed by atoms with E-state index in [1.165, 1.54) is 93.1 Å². The Hall–Kier alpha value is -8.20. The Bertz CT molecular complexity index is 3930. The van der Waals surface area contributed by atoms with E-state index in [-0.39, 0.29) is 5.92 Å². The molecule has 64 heavy (non-hydrogen) atoms. The van der Waals surface area contributed by atoms with Crippen LogP contribution in [0, 0.1) is 0 Å². The molecule has 0 amide bonds. The van der Waals surface area contributed by atoms with Crippen LogP contribution in [0.3, 0.4) is 0 Å². The van der Waals surface area contributed by atoms with Gasteiger partial charge in [0.05, 0.1) is 11.0 Å². The predicted octanol–water partition coefficient (Wildman–Crippen LogP) is 16.9. The van der Waals surface area contributed by atoms with E-state index in [1.807, 2.05) is 12.1 Å². The first kappa shape index (κ1) is 36.5. The second-order valence-electron chi connectivity index (χ2n) is 17.2. The molecular weight excluding hydrogens is 775 g/mol. The van der Waals surface area contributed by atoms with Crippen molar-refractivity contribution in [3.8, 4) is 27.9 Å². The Morgan fingerprint density at radius 1 is 0.328 bits per heavy atom. The second kappa shape index (κ2) is 14.7. The third kappa shape index (κ3) is 6.02. The van der Waals surface area contributed by atoms with Gasteiger partial charge in [0.1, 0.15) is 11.2 Å². The molecule has 0 aliphatic rings. The molecule has 1 atom stereocenters. The van der Waals surface area contributed by atoms with Crippen LogP contribution in [0.25, 0.3) is 104 Å². The zero-order chi connectivity index (χ0) is 42.1. The highest BCUT2D eigenvalue weighted by Gasteiger charge is 2.19. The summed E-state index contributed by atoms with van der Waals surface area (Å²) in [6, 6.07) is 84.8. The van der Waals surface area contributed by atoms with Crippen molar-refractivity contribution in [3.05, 3.63) is 247 Å². The number of furan rings is 1. The van der Waals surface area contributed by atoms with Gasteiger partial charge in [-0.25, -0.2) is 0 Å². The van der Waals surface area contributed by atoms with E-state index < -0.39 is 0 Å². The molecule has 2 heterocycles. The molecule has 2 heteroatoms. The van der Waals surface area contributed by atoms with Crippen molar-refractivity contribution >= 4 is 76.1 Å². The highest BCUT2D eigenvalue weighted by Crippen LogP contribution is 2.40. The lowest BCUT2D eigenvalue weighted by Gasteiger charge is -2.21. The van der Waals surface area contributed by atoms with Crippen molar-refractivity contribution in [2.75, 3.05) is 0 Å². The first-order chi connectivity index (χ1) is 31.7. The number of rotatable bonds is 7. The minimum atomic E-state index is 0.129. The van der Waals surface area contributed by atoms with Crippen molar-refractivity contribution in [2.45, 2.75) is 12.3 Å². The molecule has 0 saturated carbocycles. The van der Waals surface area contributed by atoms with Gasteiger partial charge in [-0.3, -0.25) is 0 Å². The lowest BCUT2D eigenvalue weighted by Crippen LogP contribution is -2.06. The summed E-state index contributed by atoms with van der Waals surface area (Å²) in [6.07, 6.45) is 0.868. The number of benzene rings is 11. The van der Waals surface area contributed by atoms with E-state index in [4.69, 9.17) is 4.42 Å². The highest BCUT2D eigenvalue weighted by molar-refractivity contribution is 6.17. The van der Waals surface area contributed by atoms with Crippen molar-refractivity contribution in [2.24, 2.45) is 0 Å². The number of aromatic nitrogens is 1. The van der Waals surface area contributed by atoms with Crippen LogP contribution in [0.2, 0.25) is 0 Å². The minimum Gasteiger partial charge on any atom is -0.456 e. The van der Waals surface area contributed by atoms with Crippen molar-refractivity contribution in [1.82, 2.24) is 4.57 Å². The number of hydrogen-bond acceptors (Lipinski definition) is 1. The van der Waals surface area contributed by atoms with Gasteiger partial charge in [0, 0.05) is 33.2 Å². The molecule has 2 nitrogen and oxygen atoms in total. The molecule has 1 unspecified atom stereocenters. The summed E-state index contributed by atoms with van der Waals surface area (Å²) in [7, 11) is 0. The normalized spacial score (nSPS) is 12.4. The van der Waals surface area contributed by atoms with Gasteiger partial charge in [-0.15, -0.1) is 0 Å².